The van der Waals surface area contributed by atoms with E-state index >= 15 is 0 Å². The first kappa shape index (κ1) is 16.9. The largest absolute Gasteiger partial charge is 0.389 e. The number of aliphatic hydroxyl groups is 1. The molecule has 2 amide bonds. The van der Waals surface area contributed by atoms with Crippen molar-refractivity contribution in [1.82, 2.24) is 10.2 Å². The predicted octanol–water partition coefficient (Wildman–Crippen LogP) is 1.29. The van der Waals surface area contributed by atoms with Gasteiger partial charge in [-0.25, -0.2) is 0 Å². The lowest BCUT2D eigenvalue weighted by atomic mass is 10.1. The van der Waals surface area contributed by atoms with Crippen LogP contribution in [-0.4, -0.2) is 48.1 Å². The predicted molar refractivity (Wildman–Crippen MR) is 82.8 cm³/mol. The van der Waals surface area contributed by atoms with E-state index in [1.165, 1.54) is 11.0 Å². The minimum Gasteiger partial charge on any atom is -0.389 e. The Kier molecular flexibility index (Phi) is 5.67. The molecule has 0 atom stereocenters. The number of carbonyl (C=O) groups excluding carboxylic acids is 2. The van der Waals surface area contributed by atoms with Gasteiger partial charge in [0.2, 0.25) is 5.91 Å². The van der Waals surface area contributed by atoms with Crippen LogP contribution in [0, 0.1) is 0 Å². The minimum atomic E-state index is -0.923. The molecule has 114 valence electrons. The van der Waals surface area contributed by atoms with Crippen molar-refractivity contribution in [3.05, 3.63) is 41.5 Å². The first-order valence-electron chi connectivity index (χ1n) is 6.70. The molecular weight excluding hydrogens is 268 g/mol. The fourth-order valence-corrected chi connectivity index (χ4v) is 1.84. The van der Waals surface area contributed by atoms with Gasteiger partial charge in [0.15, 0.2) is 0 Å². The second-order valence-electron chi connectivity index (χ2n) is 5.54. The van der Waals surface area contributed by atoms with Gasteiger partial charge in [0.05, 0.1) is 5.60 Å². The molecule has 0 aliphatic heterocycles. The van der Waals surface area contributed by atoms with E-state index in [-0.39, 0.29) is 18.4 Å². The van der Waals surface area contributed by atoms with E-state index in [1.807, 2.05) is 0 Å². The van der Waals surface area contributed by atoms with E-state index in [2.05, 4.69) is 5.32 Å². The lowest BCUT2D eigenvalue weighted by Gasteiger charge is -2.24. The highest BCUT2D eigenvalue weighted by atomic mass is 16.3. The Morgan fingerprint density at radius 2 is 1.86 bits per heavy atom. The molecule has 1 aromatic rings. The molecule has 0 aromatic heterocycles. The summed E-state index contributed by atoms with van der Waals surface area (Å²) in [6.07, 6.45) is 3.12. The molecule has 0 spiro atoms. The Morgan fingerprint density at radius 3 is 2.33 bits per heavy atom. The van der Waals surface area contributed by atoms with Crippen LogP contribution in [0.5, 0.6) is 0 Å². The fourth-order valence-electron chi connectivity index (χ4n) is 1.84. The van der Waals surface area contributed by atoms with Gasteiger partial charge in [-0.1, -0.05) is 12.1 Å². The fraction of sp³-hybridized carbons (Fsp3) is 0.375. The summed E-state index contributed by atoms with van der Waals surface area (Å²) in [6.45, 7) is 3.56. The summed E-state index contributed by atoms with van der Waals surface area (Å²) in [4.78, 5) is 24.7. The first-order valence-corrected chi connectivity index (χ1v) is 6.70. The summed E-state index contributed by atoms with van der Waals surface area (Å²) in [7, 11) is 3.21. The highest BCUT2D eigenvalue weighted by molar-refractivity contribution is 5.94. The summed E-state index contributed by atoms with van der Waals surface area (Å²) in [5.41, 5.74) is 0.473. The van der Waals surface area contributed by atoms with Gasteiger partial charge in [0.25, 0.3) is 5.91 Å². The number of rotatable bonds is 5. The summed E-state index contributed by atoms with van der Waals surface area (Å²) in [6, 6.07) is 6.93. The summed E-state index contributed by atoms with van der Waals surface area (Å²) in [5, 5.41) is 12.2. The molecule has 0 aliphatic carbocycles. The Balaban J connectivity index is 2.68. The molecule has 21 heavy (non-hydrogen) atoms. The highest BCUT2D eigenvalue weighted by Gasteiger charge is 2.17. The topological polar surface area (TPSA) is 69.6 Å². The Bertz CT molecular complexity index is 527. The smallest absolute Gasteiger partial charge is 0.251 e. The maximum Gasteiger partial charge on any atom is 0.251 e. The van der Waals surface area contributed by atoms with E-state index < -0.39 is 5.60 Å². The zero-order chi connectivity index (χ0) is 16.0. The van der Waals surface area contributed by atoms with Gasteiger partial charge in [-0.05, 0) is 37.6 Å². The lowest BCUT2D eigenvalue weighted by Crippen LogP contribution is -2.38. The van der Waals surface area contributed by atoms with Crippen molar-refractivity contribution in [3.8, 4) is 0 Å². The SMILES string of the molecule is CNC(=O)c1ccc(/C=C/C(=O)N(C)CC(C)(C)O)cc1. The van der Waals surface area contributed by atoms with E-state index in [0.29, 0.717) is 5.56 Å². The average molecular weight is 290 g/mol. The van der Waals surface area contributed by atoms with Crippen molar-refractivity contribution in [2.24, 2.45) is 0 Å². The Labute approximate surface area is 125 Å². The van der Waals surface area contributed by atoms with Crippen molar-refractivity contribution in [1.29, 1.82) is 0 Å². The van der Waals surface area contributed by atoms with Crippen LogP contribution >= 0.6 is 0 Å². The first-order chi connectivity index (χ1) is 9.73. The number of hydrogen-bond donors (Lipinski definition) is 2. The maximum atomic E-state index is 11.9. The van der Waals surface area contributed by atoms with Gasteiger partial charge in [0.1, 0.15) is 0 Å². The van der Waals surface area contributed by atoms with Crippen LogP contribution in [0.2, 0.25) is 0 Å². The minimum absolute atomic E-state index is 0.147. The molecule has 0 saturated heterocycles. The van der Waals surface area contributed by atoms with Crippen molar-refractivity contribution >= 4 is 17.9 Å². The molecule has 0 bridgehead atoms. The number of nitrogens with one attached hydrogen (secondary N) is 1. The molecule has 2 N–H and O–H groups in total. The molecule has 0 heterocycles. The molecule has 1 rings (SSSR count). The van der Waals surface area contributed by atoms with Gasteiger partial charge in [-0.2, -0.15) is 0 Å². The molecule has 5 heteroatoms. The third kappa shape index (κ3) is 5.79. The lowest BCUT2D eigenvalue weighted by molar-refractivity contribution is -0.127. The molecule has 1 aromatic carbocycles. The Morgan fingerprint density at radius 1 is 1.29 bits per heavy atom. The van der Waals surface area contributed by atoms with Gasteiger partial charge in [-0.3, -0.25) is 9.59 Å². The van der Waals surface area contributed by atoms with E-state index in [4.69, 9.17) is 0 Å². The second kappa shape index (κ2) is 7.04. The van der Waals surface area contributed by atoms with Gasteiger partial charge < -0.3 is 15.3 Å². The average Bonchev–Trinajstić information content (AvgIpc) is 2.42. The van der Waals surface area contributed by atoms with Crippen molar-refractivity contribution in [2.45, 2.75) is 19.4 Å². The number of likely N-dealkylation sites (N-methyl/N-ethyl adjacent to an activating group) is 1. The summed E-state index contributed by atoms with van der Waals surface area (Å²) >= 11 is 0. The zero-order valence-electron chi connectivity index (χ0n) is 12.9. The van der Waals surface area contributed by atoms with Gasteiger partial charge >= 0.3 is 0 Å². The quantitative estimate of drug-likeness (QED) is 0.803. The molecule has 0 saturated carbocycles. The van der Waals surface area contributed by atoms with Crippen LogP contribution in [0.25, 0.3) is 6.08 Å². The van der Waals surface area contributed by atoms with Crippen LogP contribution < -0.4 is 5.32 Å². The number of nitrogens with zero attached hydrogens (tertiary/aromatic N) is 1. The molecule has 0 radical (unpaired) electrons. The second-order valence-corrected chi connectivity index (χ2v) is 5.54. The van der Waals surface area contributed by atoms with E-state index in [1.54, 1.807) is 58.3 Å². The monoisotopic (exact) mass is 290 g/mol. The van der Waals surface area contributed by atoms with Crippen LogP contribution in [-0.2, 0) is 4.79 Å². The third-order valence-corrected chi connectivity index (χ3v) is 2.82. The molecule has 0 aliphatic rings. The highest BCUT2D eigenvalue weighted by Crippen LogP contribution is 2.08. The van der Waals surface area contributed by atoms with Crippen LogP contribution in [0.4, 0.5) is 0 Å². The molecule has 5 nitrogen and oxygen atoms in total. The van der Waals surface area contributed by atoms with E-state index in [0.717, 1.165) is 5.56 Å². The number of amides is 2. The Hall–Kier alpha value is -2.14. The van der Waals surface area contributed by atoms with Crippen molar-refractivity contribution < 1.29 is 14.7 Å². The zero-order valence-corrected chi connectivity index (χ0v) is 12.9. The maximum absolute atomic E-state index is 11.9. The molecule has 0 unspecified atom stereocenters. The van der Waals surface area contributed by atoms with Crippen LogP contribution in [0.15, 0.2) is 30.3 Å². The third-order valence-electron chi connectivity index (χ3n) is 2.82. The number of hydrogen-bond acceptors (Lipinski definition) is 3. The van der Waals surface area contributed by atoms with Crippen LogP contribution in [0.1, 0.15) is 29.8 Å². The van der Waals surface area contributed by atoms with Crippen molar-refractivity contribution in [2.75, 3.05) is 20.6 Å². The molecule has 0 fully saturated rings. The van der Waals surface area contributed by atoms with E-state index in [9.17, 15) is 14.7 Å². The summed E-state index contributed by atoms with van der Waals surface area (Å²) in [5.74, 6) is -0.334. The standard InChI is InChI=1S/C16H22N2O3/c1-16(2,21)11-18(4)14(19)10-7-12-5-8-13(9-6-12)15(20)17-3/h5-10,21H,11H2,1-4H3,(H,17,20)/b10-7+. The number of carbonyl (C=O) groups is 2. The molecular formula is C16H22N2O3. The summed E-state index contributed by atoms with van der Waals surface area (Å²) < 4.78 is 0. The van der Waals surface area contributed by atoms with Crippen molar-refractivity contribution in [3.63, 3.8) is 0 Å². The normalized spacial score (nSPS) is 11.5. The van der Waals surface area contributed by atoms with Crippen LogP contribution in [0.3, 0.4) is 0 Å². The van der Waals surface area contributed by atoms with Gasteiger partial charge in [-0.15, -0.1) is 0 Å². The van der Waals surface area contributed by atoms with Gasteiger partial charge in [0, 0.05) is 32.3 Å². The number of benzene rings is 1.